The van der Waals surface area contributed by atoms with Gasteiger partial charge in [0.2, 0.25) is 0 Å². The number of carbonyl (C=O) groups excluding carboxylic acids is 1. The zero-order valence-electron chi connectivity index (χ0n) is 14.0. The number of aromatic hydroxyl groups is 1. The monoisotopic (exact) mass is 431 g/mol. The lowest BCUT2D eigenvalue weighted by Crippen LogP contribution is -2.15. The van der Waals surface area contributed by atoms with Crippen LogP contribution in [0.15, 0.2) is 35.2 Å². The van der Waals surface area contributed by atoms with Crippen LogP contribution in [0.1, 0.15) is 23.2 Å². The quantitative estimate of drug-likeness (QED) is 0.673. The minimum absolute atomic E-state index is 0.00163. The molecule has 0 aliphatic heterocycles. The minimum Gasteiger partial charge on any atom is -0.505 e. The highest BCUT2D eigenvalue weighted by Crippen LogP contribution is 2.36. The van der Waals surface area contributed by atoms with Gasteiger partial charge in [-0.25, -0.2) is 13.2 Å². The number of carbonyl (C=O) groups is 1. The number of sulfonamides is 1. The van der Waals surface area contributed by atoms with Crippen LogP contribution in [0, 0.1) is 0 Å². The fourth-order valence-electron chi connectivity index (χ4n) is 2.27. The van der Waals surface area contributed by atoms with Crippen LogP contribution in [0.2, 0.25) is 10.0 Å². The van der Waals surface area contributed by atoms with Crippen LogP contribution >= 0.6 is 23.2 Å². The second-order valence-corrected chi connectivity index (χ2v) is 8.35. The average molecular weight is 432 g/mol. The Morgan fingerprint density at radius 3 is 2.56 bits per heavy atom. The summed E-state index contributed by atoms with van der Waals surface area (Å²) in [5.74, 6) is -1.03. The van der Waals surface area contributed by atoms with Gasteiger partial charge >= 0.3 is 5.97 Å². The summed E-state index contributed by atoms with van der Waals surface area (Å²) in [6.07, 6.45) is 1.54. The number of hydrogen-bond acceptors (Lipinski definition) is 6. The number of anilines is 1. The lowest BCUT2D eigenvalue weighted by Gasteiger charge is -2.14. The van der Waals surface area contributed by atoms with E-state index in [4.69, 9.17) is 32.7 Å². The third-order valence-corrected chi connectivity index (χ3v) is 5.65. The topological polar surface area (TPSA) is 102 Å². The Hall–Kier alpha value is -2.16. The molecule has 0 amide bonds. The molecule has 144 valence electrons. The Morgan fingerprint density at radius 1 is 1.22 bits per heavy atom. The Balaban J connectivity index is 1.96. The summed E-state index contributed by atoms with van der Waals surface area (Å²) in [6, 6.07) is 6.47. The summed E-state index contributed by atoms with van der Waals surface area (Å²) in [4.78, 5) is 11.6. The maximum Gasteiger partial charge on any atom is 0.338 e. The lowest BCUT2D eigenvalue weighted by atomic mass is 10.2. The van der Waals surface area contributed by atoms with Gasteiger partial charge in [-0.15, -0.1) is 0 Å². The van der Waals surface area contributed by atoms with Gasteiger partial charge in [-0.05, 0) is 43.2 Å². The van der Waals surface area contributed by atoms with Gasteiger partial charge in [0.15, 0.2) is 5.75 Å². The number of benzene rings is 2. The van der Waals surface area contributed by atoms with Crippen LogP contribution in [0.25, 0.3) is 0 Å². The van der Waals surface area contributed by atoms with Crippen molar-refractivity contribution in [1.29, 1.82) is 0 Å². The number of nitrogens with one attached hydrogen (secondary N) is 1. The maximum absolute atomic E-state index is 12.7. The first-order chi connectivity index (χ1) is 12.7. The molecule has 0 bridgehead atoms. The number of phenols is 1. The molecule has 0 radical (unpaired) electrons. The second kappa shape index (κ2) is 7.46. The molecule has 0 atom stereocenters. The third-order valence-electron chi connectivity index (χ3n) is 3.76. The zero-order chi connectivity index (χ0) is 19.8. The van der Waals surface area contributed by atoms with Gasteiger partial charge < -0.3 is 14.6 Å². The predicted octanol–water partition coefficient (Wildman–Crippen LogP) is 3.83. The molecule has 2 N–H and O–H groups in total. The van der Waals surface area contributed by atoms with E-state index in [1.807, 2.05) is 0 Å². The zero-order valence-corrected chi connectivity index (χ0v) is 16.4. The molecule has 3 rings (SSSR count). The number of methoxy groups -OCH3 is 1. The Bertz CT molecular complexity index is 1000. The fraction of sp³-hybridized carbons (Fsp3) is 0.235. The van der Waals surface area contributed by atoms with Crippen LogP contribution in [-0.2, 0) is 14.8 Å². The first-order valence-corrected chi connectivity index (χ1v) is 10.0. The van der Waals surface area contributed by atoms with Gasteiger partial charge in [-0.3, -0.25) is 4.72 Å². The van der Waals surface area contributed by atoms with Gasteiger partial charge in [0, 0.05) is 5.02 Å². The number of halogens is 2. The van der Waals surface area contributed by atoms with Crippen molar-refractivity contribution in [3.8, 4) is 11.5 Å². The molecule has 1 aliphatic carbocycles. The van der Waals surface area contributed by atoms with E-state index in [0.29, 0.717) is 0 Å². The van der Waals surface area contributed by atoms with E-state index in [-0.39, 0.29) is 33.1 Å². The normalized spacial score (nSPS) is 13.9. The summed E-state index contributed by atoms with van der Waals surface area (Å²) < 4.78 is 38.0. The summed E-state index contributed by atoms with van der Waals surface area (Å²) in [5.41, 5.74) is 0.159. The molecular formula is C17H15Cl2NO6S. The molecule has 1 aliphatic rings. The third kappa shape index (κ3) is 4.40. The number of rotatable bonds is 6. The first kappa shape index (κ1) is 19.6. The smallest absolute Gasteiger partial charge is 0.338 e. The van der Waals surface area contributed by atoms with Crippen molar-refractivity contribution >= 4 is 44.9 Å². The highest BCUT2D eigenvalue weighted by atomic mass is 35.5. The van der Waals surface area contributed by atoms with Crippen molar-refractivity contribution in [3.63, 3.8) is 0 Å². The van der Waals surface area contributed by atoms with Crippen LogP contribution in [-0.4, -0.2) is 32.7 Å². The van der Waals surface area contributed by atoms with Crippen LogP contribution in [0.4, 0.5) is 5.69 Å². The molecule has 1 fully saturated rings. The van der Waals surface area contributed by atoms with E-state index in [2.05, 4.69) is 4.72 Å². The van der Waals surface area contributed by atoms with E-state index in [1.54, 1.807) is 0 Å². The van der Waals surface area contributed by atoms with Gasteiger partial charge in [-0.2, -0.15) is 0 Å². The van der Waals surface area contributed by atoms with Crippen molar-refractivity contribution in [3.05, 3.63) is 45.9 Å². The molecule has 27 heavy (non-hydrogen) atoms. The van der Waals surface area contributed by atoms with E-state index in [9.17, 15) is 18.3 Å². The van der Waals surface area contributed by atoms with Gasteiger partial charge in [0.1, 0.15) is 16.7 Å². The molecule has 10 heteroatoms. The van der Waals surface area contributed by atoms with E-state index in [0.717, 1.165) is 18.9 Å². The molecule has 2 aromatic carbocycles. The van der Waals surface area contributed by atoms with E-state index < -0.39 is 26.6 Å². The summed E-state index contributed by atoms with van der Waals surface area (Å²) >= 11 is 11.6. The Kier molecular flexibility index (Phi) is 5.41. The lowest BCUT2D eigenvalue weighted by molar-refractivity contribution is 0.0472. The summed E-state index contributed by atoms with van der Waals surface area (Å²) in [6.45, 7) is 0. The molecular weight excluding hydrogens is 417 g/mol. The number of phenolic OH excluding ortho intramolecular Hbond substituents is 1. The Morgan fingerprint density at radius 2 is 1.93 bits per heavy atom. The van der Waals surface area contributed by atoms with Crippen molar-refractivity contribution in [2.45, 2.75) is 23.8 Å². The van der Waals surface area contributed by atoms with Crippen molar-refractivity contribution in [1.82, 2.24) is 0 Å². The average Bonchev–Trinajstić information content (AvgIpc) is 3.41. The minimum atomic E-state index is -4.28. The number of ether oxygens (including phenoxy) is 2. The van der Waals surface area contributed by atoms with Crippen LogP contribution in [0.3, 0.4) is 0 Å². The van der Waals surface area contributed by atoms with Gasteiger partial charge in [0.05, 0.1) is 23.4 Å². The molecule has 7 nitrogen and oxygen atoms in total. The molecule has 2 aromatic rings. The molecule has 0 saturated heterocycles. The molecule has 0 heterocycles. The number of esters is 1. The van der Waals surface area contributed by atoms with Crippen molar-refractivity contribution in [2.75, 3.05) is 11.8 Å². The maximum atomic E-state index is 12.7. The highest BCUT2D eigenvalue weighted by Gasteiger charge is 2.28. The largest absolute Gasteiger partial charge is 0.505 e. The first-order valence-electron chi connectivity index (χ1n) is 7.81. The Labute approximate surface area is 165 Å². The van der Waals surface area contributed by atoms with E-state index in [1.165, 1.54) is 31.4 Å². The summed E-state index contributed by atoms with van der Waals surface area (Å²) in [7, 11) is -2.93. The molecule has 0 aromatic heterocycles. The van der Waals surface area contributed by atoms with Gasteiger partial charge in [0.25, 0.3) is 10.0 Å². The molecule has 1 saturated carbocycles. The van der Waals surface area contributed by atoms with Crippen LogP contribution in [0.5, 0.6) is 11.5 Å². The molecule has 0 unspecified atom stereocenters. The van der Waals surface area contributed by atoms with E-state index >= 15 is 0 Å². The standard InChI is InChI=1S/C17H15Cl2NO6S/c1-25-14-5-2-9(17(22)26-11-3-4-11)6-13(14)20-27(23,24)15-8-10(18)7-12(19)16(15)21/h2,5-8,11,20-21H,3-4H2,1H3. The second-order valence-electron chi connectivity index (χ2n) is 5.86. The van der Waals surface area contributed by atoms with Crippen molar-refractivity contribution in [2.24, 2.45) is 0 Å². The summed E-state index contributed by atoms with van der Waals surface area (Å²) in [5, 5.41) is 9.82. The SMILES string of the molecule is COc1ccc(C(=O)OC2CC2)cc1NS(=O)(=O)c1cc(Cl)cc(Cl)c1O. The fourth-order valence-corrected chi connectivity index (χ4v) is 4.09. The molecule has 0 spiro atoms. The predicted molar refractivity (Wildman–Crippen MR) is 100 cm³/mol. The van der Waals surface area contributed by atoms with Crippen LogP contribution < -0.4 is 9.46 Å². The highest BCUT2D eigenvalue weighted by molar-refractivity contribution is 7.92. The number of hydrogen-bond donors (Lipinski definition) is 2. The van der Waals surface area contributed by atoms with Gasteiger partial charge in [-0.1, -0.05) is 23.2 Å². The van der Waals surface area contributed by atoms with Crippen molar-refractivity contribution < 1.29 is 27.8 Å².